The summed E-state index contributed by atoms with van der Waals surface area (Å²) in [5.74, 6) is 0. The molecule has 0 saturated carbocycles. The van der Waals surface area contributed by atoms with Crippen LogP contribution in [0, 0.1) is 6.92 Å². The van der Waals surface area contributed by atoms with E-state index in [1.165, 1.54) is 40.8 Å². The van der Waals surface area contributed by atoms with E-state index in [1.54, 1.807) is 11.3 Å². The fourth-order valence-corrected chi connectivity index (χ4v) is 3.91. The SMILES string of the molecule is Cc1sc(NCCCN(C)C)nc1-c1ccc2c(c1)CCC2. The summed E-state index contributed by atoms with van der Waals surface area (Å²) >= 11 is 1.77. The van der Waals surface area contributed by atoms with E-state index < -0.39 is 0 Å². The van der Waals surface area contributed by atoms with E-state index in [4.69, 9.17) is 4.98 Å². The third-order valence-electron chi connectivity index (χ3n) is 4.23. The van der Waals surface area contributed by atoms with Crippen molar-refractivity contribution in [3.05, 3.63) is 34.2 Å². The Labute approximate surface area is 137 Å². The van der Waals surface area contributed by atoms with Crippen molar-refractivity contribution >= 4 is 16.5 Å². The van der Waals surface area contributed by atoms with Gasteiger partial charge >= 0.3 is 0 Å². The molecule has 0 spiro atoms. The quantitative estimate of drug-likeness (QED) is 0.818. The minimum atomic E-state index is 0.981. The van der Waals surface area contributed by atoms with Crippen LogP contribution < -0.4 is 5.32 Å². The monoisotopic (exact) mass is 315 g/mol. The lowest BCUT2D eigenvalue weighted by Crippen LogP contribution is -2.16. The summed E-state index contributed by atoms with van der Waals surface area (Å²) in [5.41, 5.74) is 5.47. The van der Waals surface area contributed by atoms with Crippen LogP contribution in [0.15, 0.2) is 18.2 Å². The van der Waals surface area contributed by atoms with Crippen molar-refractivity contribution in [3.63, 3.8) is 0 Å². The van der Waals surface area contributed by atoms with Gasteiger partial charge in [0.2, 0.25) is 0 Å². The van der Waals surface area contributed by atoms with E-state index in [9.17, 15) is 0 Å². The first-order valence-corrected chi connectivity index (χ1v) is 8.93. The zero-order valence-electron chi connectivity index (χ0n) is 13.8. The minimum Gasteiger partial charge on any atom is -0.361 e. The van der Waals surface area contributed by atoms with E-state index in [0.29, 0.717) is 0 Å². The summed E-state index contributed by atoms with van der Waals surface area (Å²) in [6.45, 7) is 4.26. The first-order valence-electron chi connectivity index (χ1n) is 8.11. The number of aromatic nitrogens is 1. The second-order valence-electron chi connectivity index (χ2n) is 6.34. The zero-order chi connectivity index (χ0) is 15.5. The van der Waals surface area contributed by atoms with Crippen LogP contribution in [0.1, 0.15) is 28.8 Å². The molecule has 0 amide bonds. The molecule has 118 valence electrons. The van der Waals surface area contributed by atoms with Gasteiger partial charge in [0.05, 0.1) is 5.69 Å². The molecule has 1 aromatic carbocycles. The largest absolute Gasteiger partial charge is 0.361 e. The van der Waals surface area contributed by atoms with Crippen LogP contribution >= 0.6 is 11.3 Å². The van der Waals surface area contributed by atoms with E-state index in [2.05, 4.69) is 49.4 Å². The molecule has 1 heterocycles. The number of nitrogens with zero attached hydrogens (tertiary/aromatic N) is 2. The first-order chi connectivity index (χ1) is 10.6. The predicted octanol–water partition coefficient (Wildman–Crippen LogP) is 3.97. The van der Waals surface area contributed by atoms with Crippen LogP contribution in [-0.4, -0.2) is 37.1 Å². The van der Waals surface area contributed by atoms with Gasteiger partial charge in [-0.3, -0.25) is 0 Å². The van der Waals surface area contributed by atoms with Crippen molar-refractivity contribution in [1.29, 1.82) is 0 Å². The summed E-state index contributed by atoms with van der Waals surface area (Å²) in [6, 6.07) is 6.88. The number of hydrogen-bond donors (Lipinski definition) is 1. The third kappa shape index (κ3) is 3.50. The lowest BCUT2D eigenvalue weighted by atomic mass is 10.0. The highest BCUT2D eigenvalue weighted by atomic mass is 32.1. The Morgan fingerprint density at radius 2 is 2.05 bits per heavy atom. The predicted molar refractivity (Wildman–Crippen MR) is 96.0 cm³/mol. The number of thiazole rings is 1. The van der Waals surface area contributed by atoms with Gasteiger partial charge in [-0.25, -0.2) is 4.98 Å². The molecular weight excluding hydrogens is 290 g/mol. The van der Waals surface area contributed by atoms with Gasteiger partial charge in [0.25, 0.3) is 0 Å². The van der Waals surface area contributed by atoms with E-state index in [0.717, 1.165) is 30.3 Å². The minimum absolute atomic E-state index is 0.981. The van der Waals surface area contributed by atoms with Gasteiger partial charge in [-0.1, -0.05) is 12.1 Å². The topological polar surface area (TPSA) is 28.2 Å². The van der Waals surface area contributed by atoms with E-state index >= 15 is 0 Å². The molecule has 3 nitrogen and oxygen atoms in total. The van der Waals surface area contributed by atoms with E-state index in [1.807, 2.05) is 0 Å². The molecule has 1 aromatic heterocycles. The van der Waals surface area contributed by atoms with Gasteiger partial charge in [-0.2, -0.15) is 0 Å². The Morgan fingerprint density at radius 1 is 1.23 bits per heavy atom. The molecule has 0 radical (unpaired) electrons. The molecule has 22 heavy (non-hydrogen) atoms. The highest BCUT2D eigenvalue weighted by Crippen LogP contribution is 2.33. The number of aryl methyl sites for hydroxylation is 3. The van der Waals surface area contributed by atoms with E-state index in [-0.39, 0.29) is 0 Å². The molecule has 1 aliphatic rings. The van der Waals surface area contributed by atoms with Crippen molar-refractivity contribution in [1.82, 2.24) is 9.88 Å². The standard InChI is InChI=1S/C18H25N3S/c1-13-17(16-9-8-14-6-4-7-15(14)12-16)20-18(22-13)19-10-5-11-21(2)3/h8-9,12H,4-7,10-11H2,1-3H3,(H,19,20). The second kappa shape index (κ2) is 6.80. The van der Waals surface area contributed by atoms with Gasteiger partial charge < -0.3 is 10.2 Å². The van der Waals surface area contributed by atoms with Gasteiger partial charge in [-0.05, 0) is 70.4 Å². The summed E-state index contributed by atoms with van der Waals surface area (Å²) < 4.78 is 0. The Balaban J connectivity index is 1.69. The molecule has 0 aliphatic heterocycles. The Bertz CT molecular complexity index is 646. The Morgan fingerprint density at radius 3 is 2.86 bits per heavy atom. The number of hydrogen-bond acceptors (Lipinski definition) is 4. The highest BCUT2D eigenvalue weighted by molar-refractivity contribution is 7.16. The lowest BCUT2D eigenvalue weighted by Gasteiger charge is -2.08. The zero-order valence-corrected chi connectivity index (χ0v) is 14.6. The van der Waals surface area contributed by atoms with Gasteiger partial charge in [0.1, 0.15) is 0 Å². The fraction of sp³-hybridized carbons (Fsp3) is 0.500. The first kappa shape index (κ1) is 15.5. The summed E-state index contributed by atoms with van der Waals surface area (Å²) in [7, 11) is 4.22. The molecule has 0 atom stereocenters. The molecule has 0 fully saturated rings. The van der Waals surface area contributed by atoms with Gasteiger partial charge in [0, 0.05) is 17.0 Å². The average Bonchev–Trinajstić information content (AvgIpc) is 3.08. The molecular formula is C18H25N3S. The van der Waals surface area contributed by atoms with Crippen molar-refractivity contribution in [2.24, 2.45) is 0 Å². The third-order valence-corrected chi connectivity index (χ3v) is 5.16. The molecule has 1 aliphatic carbocycles. The summed E-state index contributed by atoms with van der Waals surface area (Å²) in [6.07, 6.45) is 4.90. The van der Waals surface area contributed by atoms with Crippen LogP contribution in [0.3, 0.4) is 0 Å². The van der Waals surface area contributed by atoms with Crippen LogP contribution in [0.5, 0.6) is 0 Å². The number of rotatable bonds is 6. The second-order valence-corrected chi connectivity index (χ2v) is 7.55. The summed E-state index contributed by atoms with van der Waals surface area (Å²) in [4.78, 5) is 8.33. The van der Waals surface area contributed by atoms with Gasteiger partial charge in [-0.15, -0.1) is 11.3 Å². The molecule has 2 aromatic rings. The average molecular weight is 315 g/mol. The smallest absolute Gasteiger partial charge is 0.183 e. The molecule has 0 saturated heterocycles. The fourth-order valence-electron chi connectivity index (χ4n) is 3.05. The maximum absolute atomic E-state index is 4.82. The van der Waals surface area contributed by atoms with Gasteiger partial charge in [0.15, 0.2) is 5.13 Å². The molecule has 0 bridgehead atoms. The number of nitrogens with one attached hydrogen (secondary N) is 1. The summed E-state index contributed by atoms with van der Waals surface area (Å²) in [5, 5.41) is 4.51. The van der Waals surface area contributed by atoms with Crippen molar-refractivity contribution in [2.75, 3.05) is 32.5 Å². The molecule has 1 N–H and O–H groups in total. The number of fused-ring (bicyclic) bond motifs is 1. The normalized spacial score (nSPS) is 13.6. The molecule has 4 heteroatoms. The Hall–Kier alpha value is -1.39. The van der Waals surface area contributed by atoms with Crippen LogP contribution in [0.4, 0.5) is 5.13 Å². The molecule has 3 rings (SSSR count). The maximum atomic E-state index is 4.82. The lowest BCUT2D eigenvalue weighted by molar-refractivity contribution is 0.405. The van der Waals surface area contributed by atoms with Crippen LogP contribution in [0.2, 0.25) is 0 Å². The van der Waals surface area contributed by atoms with Crippen molar-refractivity contribution < 1.29 is 0 Å². The number of benzene rings is 1. The Kier molecular flexibility index (Phi) is 4.79. The highest BCUT2D eigenvalue weighted by Gasteiger charge is 2.14. The maximum Gasteiger partial charge on any atom is 0.183 e. The van der Waals surface area contributed by atoms with Crippen LogP contribution in [0.25, 0.3) is 11.3 Å². The molecule has 0 unspecified atom stereocenters. The van der Waals surface area contributed by atoms with Crippen molar-refractivity contribution in [3.8, 4) is 11.3 Å². The van der Waals surface area contributed by atoms with Crippen molar-refractivity contribution in [2.45, 2.75) is 32.6 Å². The van der Waals surface area contributed by atoms with Crippen LogP contribution in [-0.2, 0) is 12.8 Å². The number of anilines is 1.